The van der Waals surface area contributed by atoms with E-state index in [1.807, 2.05) is 0 Å². The fourth-order valence-corrected chi connectivity index (χ4v) is 3.14. The standard InChI is InChI=1S/C21H17Cl2N3O6/c1-10-17(21(30)31-2)14(18(27)25-10)8-12-4-5-13(32-12)9-24-19(28)20(29)26-11-3-6-15(22)16(23)7-11/h3-8H,9H2,1-2H3,(H,24,28)(H,25,27)(H,26,29)/b14-8+. The number of allylic oxidation sites excluding steroid dienone is 1. The predicted octanol–water partition coefficient (Wildman–Crippen LogP) is 2.80. The van der Waals surface area contributed by atoms with Crippen LogP contribution in [0.5, 0.6) is 0 Å². The van der Waals surface area contributed by atoms with Crippen LogP contribution in [0.15, 0.2) is 51.6 Å². The largest absolute Gasteiger partial charge is 0.465 e. The fraction of sp³-hybridized carbons (Fsp3) is 0.143. The smallest absolute Gasteiger partial charge is 0.340 e. The van der Waals surface area contributed by atoms with E-state index in [1.165, 1.54) is 31.4 Å². The predicted molar refractivity (Wildman–Crippen MR) is 116 cm³/mol. The maximum Gasteiger partial charge on any atom is 0.340 e. The number of amides is 3. The molecule has 3 amide bonds. The molecule has 0 saturated heterocycles. The molecule has 2 heterocycles. The van der Waals surface area contributed by atoms with Crippen LogP contribution in [-0.2, 0) is 30.5 Å². The molecule has 0 bridgehead atoms. The molecule has 1 aliphatic rings. The van der Waals surface area contributed by atoms with E-state index in [-0.39, 0.29) is 28.5 Å². The fourth-order valence-electron chi connectivity index (χ4n) is 2.84. The molecule has 0 saturated carbocycles. The normalized spacial score (nSPS) is 14.4. The van der Waals surface area contributed by atoms with Crippen molar-refractivity contribution >= 4 is 58.7 Å². The van der Waals surface area contributed by atoms with Gasteiger partial charge in [0.15, 0.2) is 0 Å². The summed E-state index contributed by atoms with van der Waals surface area (Å²) in [5, 5.41) is 7.92. The molecule has 166 valence electrons. The number of methoxy groups -OCH3 is 1. The van der Waals surface area contributed by atoms with Gasteiger partial charge in [-0.25, -0.2) is 4.79 Å². The van der Waals surface area contributed by atoms with Gasteiger partial charge >= 0.3 is 17.8 Å². The van der Waals surface area contributed by atoms with Crippen molar-refractivity contribution in [2.75, 3.05) is 12.4 Å². The Labute approximate surface area is 192 Å². The van der Waals surface area contributed by atoms with Crippen LogP contribution in [0, 0.1) is 0 Å². The monoisotopic (exact) mass is 477 g/mol. The molecule has 0 fully saturated rings. The Morgan fingerprint density at radius 1 is 1.12 bits per heavy atom. The molecule has 1 aliphatic heterocycles. The van der Waals surface area contributed by atoms with Crippen molar-refractivity contribution in [3.05, 3.63) is 68.7 Å². The zero-order chi connectivity index (χ0) is 23.4. The number of rotatable bonds is 5. The third kappa shape index (κ3) is 5.19. The molecule has 1 aromatic heterocycles. The highest BCUT2D eigenvalue weighted by Gasteiger charge is 2.31. The van der Waals surface area contributed by atoms with Crippen molar-refractivity contribution in [2.45, 2.75) is 13.5 Å². The van der Waals surface area contributed by atoms with Gasteiger partial charge in [-0.15, -0.1) is 0 Å². The first kappa shape index (κ1) is 23.1. The van der Waals surface area contributed by atoms with Crippen LogP contribution in [0.4, 0.5) is 5.69 Å². The second-order valence-electron chi connectivity index (χ2n) is 6.57. The molecule has 0 aliphatic carbocycles. The molecular formula is C21H17Cl2N3O6. The molecule has 0 atom stereocenters. The lowest BCUT2D eigenvalue weighted by Crippen LogP contribution is -2.34. The molecule has 9 nitrogen and oxygen atoms in total. The highest BCUT2D eigenvalue weighted by molar-refractivity contribution is 6.43. The number of nitrogens with one attached hydrogen (secondary N) is 3. The first-order valence-corrected chi connectivity index (χ1v) is 9.90. The summed E-state index contributed by atoms with van der Waals surface area (Å²) in [5.74, 6) is -2.31. The summed E-state index contributed by atoms with van der Waals surface area (Å²) in [6, 6.07) is 7.52. The molecule has 11 heteroatoms. The Hall–Kier alpha value is -3.56. The number of esters is 1. The second kappa shape index (κ2) is 9.71. The van der Waals surface area contributed by atoms with Gasteiger partial charge in [0.2, 0.25) is 0 Å². The number of carbonyl (C=O) groups is 4. The summed E-state index contributed by atoms with van der Waals surface area (Å²) in [7, 11) is 1.22. The lowest BCUT2D eigenvalue weighted by Gasteiger charge is -2.06. The topological polar surface area (TPSA) is 127 Å². The number of anilines is 1. The number of furan rings is 1. The Balaban J connectivity index is 1.62. The maximum atomic E-state index is 12.1. The van der Waals surface area contributed by atoms with E-state index in [2.05, 4.69) is 16.0 Å². The first-order valence-electron chi connectivity index (χ1n) is 9.15. The molecule has 3 rings (SSSR count). The third-order valence-corrected chi connectivity index (χ3v) is 5.09. The van der Waals surface area contributed by atoms with E-state index in [0.717, 1.165) is 0 Å². The molecule has 3 N–H and O–H groups in total. The lowest BCUT2D eigenvalue weighted by atomic mass is 10.1. The second-order valence-corrected chi connectivity index (χ2v) is 7.39. The van der Waals surface area contributed by atoms with E-state index in [9.17, 15) is 19.2 Å². The van der Waals surface area contributed by atoms with Gasteiger partial charge in [0, 0.05) is 11.4 Å². The Morgan fingerprint density at radius 2 is 1.88 bits per heavy atom. The maximum absolute atomic E-state index is 12.1. The number of hydrogen-bond acceptors (Lipinski definition) is 6. The first-order chi connectivity index (χ1) is 15.2. The minimum atomic E-state index is -0.900. The summed E-state index contributed by atoms with van der Waals surface area (Å²) in [6.45, 7) is 1.50. The molecular weight excluding hydrogens is 461 g/mol. The van der Waals surface area contributed by atoms with E-state index >= 15 is 0 Å². The van der Waals surface area contributed by atoms with E-state index in [0.29, 0.717) is 22.2 Å². The Bertz CT molecular complexity index is 1180. The molecule has 0 unspecified atom stereocenters. The quantitative estimate of drug-likeness (QED) is 0.345. The van der Waals surface area contributed by atoms with Crippen LogP contribution >= 0.6 is 23.2 Å². The molecule has 2 aromatic rings. The highest BCUT2D eigenvalue weighted by Crippen LogP contribution is 2.26. The summed E-state index contributed by atoms with van der Waals surface area (Å²) in [6.07, 6.45) is 1.39. The van der Waals surface area contributed by atoms with Crippen molar-refractivity contribution in [2.24, 2.45) is 0 Å². The van der Waals surface area contributed by atoms with Crippen LogP contribution in [0.25, 0.3) is 6.08 Å². The van der Waals surface area contributed by atoms with Gasteiger partial charge in [0.25, 0.3) is 5.91 Å². The van der Waals surface area contributed by atoms with Crippen molar-refractivity contribution in [1.29, 1.82) is 0 Å². The van der Waals surface area contributed by atoms with Crippen molar-refractivity contribution in [3.8, 4) is 0 Å². The molecule has 0 spiro atoms. The summed E-state index contributed by atoms with van der Waals surface area (Å²) in [4.78, 5) is 48.1. The number of carbonyl (C=O) groups excluding carboxylic acids is 4. The Kier molecular flexibility index (Phi) is 7.01. The molecule has 32 heavy (non-hydrogen) atoms. The summed E-state index contributed by atoms with van der Waals surface area (Å²) >= 11 is 11.7. The minimum absolute atomic E-state index is 0.0816. The number of hydrogen-bond donors (Lipinski definition) is 3. The van der Waals surface area contributed by atoms with Crippen LogP contribution in [-0.4, -0.2) is 30.8 Å². The van der Waals surface area contributed by atoms with Crippen molar-refractivity contribution in [3.63, 3.8) is 0 Å². The SMILES string of the molecule is COC(=O)C1=C(C)NC(=O)/C1=C/c1ccc(CNC(=O)C(=O)Nc2ccc(Cl)c(Cl)c2)o1. The average molecular weight is 478 g/mol. The highest BCUT2D eigenvalue weighted by atomic mass is 35.5. The number of halogens is 2. The summed E-state index contributed by atoms with van der Waals surface area (Å²) in [5.41, 5.74) is 0.897. The minimum Gasteiger partial charge on any atom is -0.465 e. The van der Waals surface area contributed by atoms with Crippen molar-refractivity contribution < 1.29 is 28.3 Å². The Morgan fingerprint density at radius 3 is 2.56 bits per heavy atom. The van der Waals surface area contributed by atoms with E-state index < -0.39 is 23.7 Å². The van der Waals surface area contributed by atoms with Crippen molar-refractivity contribution in [1.82, 2.24) is 10.6 Å². The van der Waals surface area contributed by atoms with E-state index in [4.69, 9.17) is 32.4 Å². The van der Waals surface area contributed by atoms with Gasteiger partial charge in [0.05, 0.1) is 34.8 Å². The average Bonchev–Trinajstić information content (AvgIpc) is 3.32. The number of ether oxygens (including phenoxy) is 1. The van der Waals surface area contributed by atoms with Gasteiger partial charge < -0.3 is 25.1 Å². The van der Waals surface area contributed by atoms with Gasteiger partial charge in [-0.1, -0.05) is 23.2 Å². The number of benzene rings is 1. The van der Waals surface area contributed by atoms with Crippen LogP contribution in [0.3, 0.4) is 0 Å². The van der Waals surface area contributed by atoms with Gasteiger partial charge in [-0.3, -0.25) is 14.4 Å². The van der Waals surface area contributed by atoms with Gasteiger partial charge in [-0.05, 0) is 43.3 Å². The van der Waals surface area contributed by atoms with Crippen LogP contribution < -0.4 is 16.0 Å². The van der Waals surface area contributed by atoms with Crippen LogP contribution in [0.2, 0.25) is 10.0 Å². The zero-order valence-electron chi connectivity index (χ0n) is 16.9. The zero-order valence-corrected chi connectivity index (χ0v) is 18.4. The molecule has 1 aromatic carbocycles. The summed E-state index contributed by atoms with van der Waals surface area (Å²) < 4.78 is 10.3. The third-order valence-electron chi connectivity index (χ3n) is 4.36. The van der Waals surface area contributed by atoms with Gasteiger partial charge in [-0.2, -0.15) is 0 Å². The molecule has 0 radical (unpaired) electrons. The van der Waals surface area contributed by atoms with E-state index in [1.54, 1.807) is 19.1 Å². The van der Waals surface area contributed by atoms with Gasteiger partial charge in [0.1, 0.15) is 11.5 Å². The lowest BCUT2D eigenvalue weighted by molar-refractivity contribution is -0.136. The van der Waals surface area contributed by atoms with Crippen LogP contribution in [0.1, 0.15) is 18.4 Å².